The van der Waals surface area contributed by atoms with E-state index in [2.05, 4.69) is 48.8 Å². The molecule has 4 N–H and O–H groups in total. The number of hydrogen-bond donors (Lipinski definition) is 4. The molecular weight excluding hydrogens is 644 g/mol. The molecule has 0 fully saturated rings. The van der Waals surface area contributed by atoms with E-state index >= 15 is 0 Å². The molecule has 0 rings (SSSR count). The van der Waals surface area contributed by atoms with Gasteiger partial charge in [0.2, 0.25) is 11.8 Å². The molecule has 0 saturated carbocycles. The van der Waals surface area contributed by atoms with Crippen molar-refractivity contribution in [2.24, 2.45) is 0 Å². The van der Waals surface area contributed by atoms with Crippen molar-refractivity contribution < 1.29 is 34.1 Å². The summed E-state index contributed by atoms with van der Waals surface area (Å²) in [6.07, 6.45) is 39.3. The molecule has 0 aliphatic heterocycles. The monoisotopic (exact) mass is 721 g/mol. The summed E-state index contributed by atoms with van der Waals surface area (Å²) in [5, 5.41) is 22.5. The van der Waals surface area contributed by atoms with Gasteiger partial charge in [0, 0.05) is 12.8 Å². The van der Waals surface area contributed by atoms with E-state index in [1.807, 2.05) is 0 Å². The summed E-state index contributed by atoms with van der Waals surface area (Å²) in [5.41, 5.74) is 0. The van der Waals surface area contributed by atoms with Gasteiger partial charge in [-0.05, 0) is 70.3 Å². The van der Waals surface area contributed by atoms with Crippen LogP contribution in [-0.4, -0.2) is 59.3 Å². The second kappa shape index (κ2) is 37.1. The summed E-state index contributed by atoms with van der Waals surface area (Å²) in [4.78, 5) is 47.3. The van der Waals surface area contributed by atoms with E-state index in [4.69, 9.17) is 14.9 Å². The van der Waals surface area contributed by atoms with Crippen molar-refractivity contribution in [2.45, 2.75) is 206 Å². The van der Waals surface area contributed by atoms with Crippen LogP contribution in [0.5, 0.6) is 0 Å². The molecular formula is C42H76N2O7. The minimum absolute atomic E-state index is 0.0857. The van der Waals surface area contributed by atoms with E-state index in [1.54, 1.807) is 0 Å². The SMILES string of the molecule is CCCCCC/C=C\CCCCCCCC(=O)OC(/C=C\CCCCCCCCC)CCCCCCCCC(=O)NCC(=O)NC(CO)C(=O)O. The zero-order valence-corrected chi connectivity index (χ0v) is 32.6. The largest absolute Gasteiger partial charge is 0.480 e. The van der Waals surface area contributed by atoms with Crippen LogP contribution in [0, 0.1) is 0 Å². The average molecular weight is 721 g/mol. The summed E-state index contributed by atoms with van der Waals surface area (Å²) < 4.78 is 5.93. The van der Waals surface area contributed by atoms with Crippen molar-refractivity contribution in [3.63, 3.8) is 0 Å². The highest BCUT2D eigenvalue weighted by Crippen LogP contribution is 2.16. The van der Waals surface area contributed by atoms with Gasteiger partial charge in [0.05, 0.1) is 13.2 Å². The van der Waals surface area contributed by atoms with Crippen LogP contribution in [0.3, 0.4) is 0 Å². The average Bonchev–Trinajstić information content (AvgIpc) is 3.11. The van der Waals surface area contributed by atoms with E-state index in [0.29, 0.717) is 19.3 Å². The van der Waals surface area contributed by atoms with E-state index in [1.165, 1.54) is 96.3 Å². The third-order valence-corrected chi connectivity index (χ3v) is 9.16. The topological polar surface area (TPSA) is 142 Å². The Morgan fingerprint density at radius 2 is 1.06 bits per heavy atom. The van der Waals surface area contributed by atoms with Gasteiger partial charge in [-0.25, -0.2) is 4.79 Å². The zero-order chi connectivity index (χ0) is 37.6. The van der Waals surface area contributed by atoms with Gasteiger partial charge in [-0.2, -0.15) is 0 Å². The predicted molar refractivity (Wildman–Crippen MR) is 208 cm³/mol. The maximum Gasteiger partial charge on any atom is 0.328 e. The van der Waals surface area contributed by atoms with Crippen molar-refractivity contribution in [2.75, 3.05) is 13.2 Å². The van der Waals surface area contributed by atoms with E-state index < -0.39 is 24.5 Å². The first kappa shape index (κ1) is 48.3. The lowest BCUT2D eigenvalue weighted by Crippen LogP contribution is -2.47. The molecule has 2 amide bonds. The quantitative estimate of drug-likeness (QED) is 0.0284. The van der Waals surface area contributed by atoms with Crippen LogP contribution in [-0.2, 0) is 23.9 Å². The lowest BCUT2D eigenvalue weighted by atomic mass is 10.0. The molecule has 2 unspecified atom stereocenters. The number of hydrogen-bond acceptors (Lipinski definition) is 6. The van der Waals surface area contributed by atoms with Gasteiger partial charge in [-0.1, -0.05) is 135 Å². The van der Waals surface area contributed by atoms with Crippen LogP contribution in [0.25, 0.3) is 0 Å². The molecule has 0 aliphatic rings. The number of carboxylic acids is 1. The van der Waals surface area contributed by atoms with Crippen LogP contribution in [0.1, 0.15) is 194 Å². The molecule has 296 valence electrons. The van der Waals surface area contributed by atoms with Gasteiger partial charge >= 0.3 is 11.9 Å². The molecule has 0 bridgehead atoms. The smallest absolute Gasteiger partial charge is 0.328 e. The van der Waals surface area contributed by atoms with Crippen molar-refractivity contribution in [1.82, 2.24) is 10.6 Å². The third kappa shape index (κ3) is 34.2. The number of aliphatic hydroxyl groups is 1. The number of carbonyl (C=O) groups is 4. The van der Waals surface area contributed by atoms with Crippen molar-refractivity contribution in [1.29, 1.82) is 0 Å². The highest BCUT2D eigenvalue weighted by Gasteiger charge is 2.18. The fourth-order valence-electron chi connectivity index (χ4n) is 5.91. The fourth-order valence-corrected chi connectivity index (χ4v) is 5.91. The Morgan fingerprint density at radius 1 is 0.588 bits per heavy atom. The number of unbranched alkanes of at least 4 members (excludes halogenated alkanes) is 21. The van der Waals surface area contributed by atoms with Crippen molar-refractivity contribution in [3.8, 4) is 0 Å². The Morgan fingerprint density at radius 3 is 1.61 bits per heavy atom. The molecule has 51 heavy (non-hydrogen) atoms. The third-order valence-electron chi connectivity index (χ3n) is 9.16. The Bertz CT molecular complexity index is 921. The number of aliphatic hydroxyl groups excluding tert-OH is 1. The number of allylic oxidation sites excluding steroid dienone is 3. The maximum absolute atomic E-state index is 12.7. The summed E-state index contributed by atoms with van der Waals surface area (Å²) in [6, 6.07) is -1.38. The number of amides is 2. The van der Waals surface area contributed by atoms with Crippen LogP contribution in [0.2, 0.25) is 0 Å². The molecule has 9 nitrogen and oxygen atoms in total. The number of carbonyl (C=O) groups excluding carboxylic acids is 3. The predicted octanol–water partition coefficient (Wildman–Crippen LogP) is 9.65. The summed E-state index contributed by atoms with van der Waals surface area (Å²) >= 11 is 0. The van der Waals surface area contributed by atoms with Gasteiger partial charge < -0.3 is 25.6 Å². The van der Waals surface area contributed by atoms with Gasteiger partial charge in [0.15, 0.2) is 0 Å². The summed E-state index contributed by atoms with van der Waals surface area (Å²) in [6.45, 7) is 3.46. The Balaban J connectivity index is 4.28. The lowest BCUT2D eigenvalue weighted by molar-refractivity contribution is -0.147. The van der Waals surface area contributed by atoms with Crippen LogP contribution in [0.15, 0.2) is 24.3 Å². The summed E-state index contributed by atoms with van der Waals surface area (Å²) in [5.74, 6) is -2.33. The molecule has 0 spiro atoms. The molecule has 0 aromatic carbocycles. The molecule has 0 radical (unpaired) electrons. The Hall–Kier alpha value is -2.68. The molecule has 0 aromatic rings. The maximum atomic E-state index is 12.7. The highest BCUT2D eigenvalue weighted by atomic mass is 16.5. The Labute approximate surface area is 311 Å². The lowest BCUT2D eigenvalue weighted by Gasteiger charge is -2.15. The Kier molecular flexibility index (Phi) is 35.1. The second-order valence-corrected chi connectivity index (χ2v) is 14.1. The first-order valence-electron chi connectivity index (χ1n) is 20.7. The number of ether oxygens (including phenoxy) is 1. The van der Waals surface area contributed by atoms with E-state index in [0.717, 1.165) is 64.2 Å². The zero-order valence-electron chi connectivity index (χ0n) is 32.6. The highest BCUT2D eigenvalue weighted by molar-refractivity contribution is 5.87. The van der Waals surface area contributed by atoms with Gasteiger partial charge in [0.25, 0.3) is 0 Å². The molecule has 0 aliphatic carbocycles. The first-order valence-corrected chi connectivity index (χ1v) is 20.7. The van der Waals surface area contributed by atoms with E-state index in [9.17, 15) is 19.2 Å². The van der Waals surface area contributed by atoms with Crippen LogP contribution >= 0.6 is 0 Å². The van der Waals surface area contributed by atoms with Crippen LogP contribution < -0.4 is 10.6 Å². The normalized spacial score (nSPS) is 12.7. The fraction of sp³-hybridized carbons (Fsp3) is 0.810. The number of aliphatic carboxylic acids is 1. The molecule has 0 saturated heterocycles. The number of nitrogens with one attached hydrogen (secondary N) is 2. The molecule has 0 aromatic heterocycles. The van der Waals surface area contributed by atoms with E-state index in [-0.39, 0.29) is 24.5 Å². The number of carboxylic acid groups (broad SMARTS) is 1. The number of rotatable bonds is 37. The summed E-state index contributed by atoms with van der Waals surface area (Å²) in [7, 11) is 0. The van der Waals surface area contributed by atoms with Crippen molar-refractivity contribution in [3.05, 3.63) is 24.3 Å². The minimum atomic E-state index is -1.38. The minimum Gasteiger partial charge on any atom is -0.480 e. The van der Waals surface area contributed by atoms with Gasteiger partial charge in [-0.3, -0.25) is 14.4 Å². The van der Waals surface area contributed by atoms with Crippen molar-refractivity contribution >= 4 is 23.8 Å². The standard InChI is InChI=1S/C42H76N2O7/c1-3-5-7-9-11-13-14-15-16-18-20-26-30-34-41(48)51-37(31-27-23-19-17-12-10-8-6-4-2)32-28-24-21-22-25-29-33-39(46)43-35-40(47)44-38(36-45)42(49)50/h13-14,27,31,37-38,45H,3-12,15-26,28-30,32-36H2,1-2H3,(H,43,46)(H,44,47)(H,49,50)/b14-13-,31-27-. The van der Waals surface area contributed by atoms with Crippen LogP contribution in [0.4, 0.5) is 0 Å². The van der Waals surface area contributed by atoms with Gasteiger partial charge in [-0.15, -0.1) is 0 Å². The molecule has 9 heteroatoms. The molecule has 0 heterocycles. The second-order valence-electron chi connectivity index (χ2n) is 14.1. The van der Waals surface area contributed by atoms with Gasteiger partial charge in [0.1, 0.15) is 12.1 Å². The number of esters is 1. The molecule has 2 atom stereocenters. The first-order chi connectivity index (χ1) is 24.8.